The first-order chi connectivity index (χ1) is 12.9. The van der Waals surface area contributed by atoms with Gasteiger partial charge in [0.15, 0.2) is 5.82 Å². The number of carbonyl (C=O) groups excluding carboxylic acids is 1. The maximum absolute atomic E-state index is 13.0. The third-order valence-electron chi connectivity index (χ3n) is 4.98. The second kappa shape index (κ2) is 6.44. The molecule has 1 N–H and O–H groups in total. The number of nitrogens with zero attached hydrogens (tertiary/aromatic N) is 3. The Hall–Kier alpha value is -2.77. The number of hydrogen-bond donors (Lipinski definition) is 1. The van der Waals surface area contributed by atoms with Crippen LogP contribution in [0.3, 0.4) is 0 Å². The van der Waals surface area contributed by atoms with Crippen LogP contribution >= 0.6 is 0 Å². The van der Waals surface area contributed by atoms with E-state index < -0.39 is 11.7 Å². The molecule has 5 nitrogen and oxygen atoms in total. The Morgan fingerprint density at radius 3 is 2.85 bits per heavy atom. The van der Waals surface area contributed by atoms with Gasteiger partial charge in [0.25, 0.3) is 0 Å². The third kappa shape index (κ3) is 3.09. The Labute approximate surface area is 154 Å². The largest absolute Gasteiger partial charge is 0.416 e. The number of halogens is 3. The Morgan fingerprint density at radius 2 is 2.11 bits per heavy atom. The average Bonchev–Trinajstić information content (AvgIpc) is 3.05. The van der Waals surface area contributed by atoms with Crippen LogP contribution < -0.4 is 15.1 Å². The molecule has 2 bridgehead atoms. The molecule has 1 saturated heterocycles. The summed E-state index contributed by atoms with van der Waals surface area (Å²) in [7, 11) is 0. The molecular formula is C19H19F3N4O. The molecule has 142 valence electrons. The van der Waals surface area contributed by atoms with Crippen molar-refractivity contribution in [3.8, 4) is 11.3 Å². The van der Waals surface area contributed by atoms with Gasteiger partial charge in [0, 0.05) is 25.2 Å². The molecule has 1 aromatic heterocycles. The number of carbonyl (C=O) groups is 1. The first kappa shape index (κ1) is 17.6. The molecule has 1 unspecified atom stereocenters. The zero-order chi connectivity index (χ0) is 19.2. The number of fused-ring (bicyclic) bond motifs is 4. The van der Waals surface area contributed by atoms with Crippen molar-refractivity contribution in [3.05, 3.63) is 42.0 Å². The van der Waals surface area contributed by atoms with Gasteiger partial charge in [-0.25, -0.2) is 9.78 Å². The van der Waals surface area contributed by atoms with E-state index >= 15 is 0 Å². The molecule has 2 aromatic rings. The lowest BCUT2D eigenvalue weighted by Crippen LogP contribution is -2.50. The Morgan fingerprint density at radius 1 is 1.30 bits per heavy atom. The van der Waals surface area contributed by atoms with Crippen LogP contribution in [0.1, 0.15) is 18.9 Å². The van der Waals surface area contributed by atoms with Gasteiger partial charge < -0.3 is 10.2 Å². The van der Waals surface area contributed by atoms with E-state index in [1.807, 2.05) is 13.0 Å². The summed E-state index contributed by atoms with van der Waals surface area (Å²) in [5, 5.41) is 2.81. The molecule has 2 amide bonds. The maximum Gasteiger partial charge on any atom is 0.416 e. The third-order valence-corrected chi connectivity index (χ3v) is 4.98. The molecule has 0 radical (unpaired) electrons. The van der Waals surface area contributed by atoms with Crippen LogP contribution in [-0.4, -0.2) is 36.7 Å². The summed E-state index contributed by atoms with van der Waals surface area (Å²) in [4.78, 5) is 21.0. The highest BCUT2D eigenvalue weighted by Gasteiger charge is 2.40. The monoisotopic (exact) mass is 376 g/mol. The molecule has 0 spiro atoms. The fraction of sp³-hybridized carbons (Fsp3) is 0.368. The average molecular weight is 376 g/mol. The van der Waals surface area contributed by atoms with Crippen molar-refractivity contribution >= 4 is 17.5 Å². The number of pyridine rings is 1. The highest BCUT2D eigenvalue weighted by molar-refractivity contribution is 5.97. The van der Waals surface area contributed by atoms with Crippen LogP contribution in [0.4, 0.5) is 29.5 Å². The number of alkyl halides is 3. The fourth-order valence-electron chi connectivity index (χ4n) is 3.72. The lowest BCUT2D eigenvalue weighted by Gasteiger charge is -2.35. The molecule has 27 heavy (non-hydrogen) atoms. The Balaban J connectivity index is 1.78. The van der Waals surface area contributed by atoms with Crippen molar-refractivity contribution in [1.29, 1.82) is 0 Å². The summed E-state index contributed by atoms with van der Waals surface area (Å²) >= 11 is 0. The molecule has 1 fully saturated rings. The van der Waals surface area contributed by atoms with Crippen LogP contribution in [0, 0.1) is 0 Å². The molecule has 2 aliphatic heterocycles. The number of urea groups is 1. The minimum atomic E-state index is -4.41. The van der Waals surface area contributed by atoms with Gasteiger partial charge in [0.2, 0.25) is 0 Å². The minimum absolute atomic E-state index is 0.0216. The fourth-order valence-corrected chi connectivity index (χ4v) is 3.72. The van der Waals surface area contributed by atoms with Crippen molar-refractivity contribution < 1.29 is 18.0 Å². The zero-order valence-corrected chi connectivity index (χ0v) is 14.8. The molecular weight excluding hydrogens is 357 g/mol. The van der Waals surface area contributed by atoms with E-state index in [0.29, 0.717) is 23.6 Å². The van der Waals surface area contributed by atoms with Crippen molar-refractivity contribution in [2.75, 3.05) is 29.4 Å². The van der Waals surface area contributed by atoms with Gasteiger partial charge in [0.1, 0.15) is 0 Å². The van der Waals surface area contributed by atoms with Gasteiger partial charge in [-0.3, -0.25) is 4.90 Å². The van der Waals surface area contributed by atoms with E-state index in [1.54, 1.807) is 17.0 Å². The SMILES string of the molecule is CCNC(=O)N1c2nc(-c3cccc(C(F)(F)F)c3)ccc2N2CCC1C2. The number of hydrogen-bond acceptors (Lipinski definition) is 3. The van der Waals surface area contributed by atoms with Crippen LogP contribution in [-0.2, 0) is 6.18 Å². The molecule has 2 aliphatic rings. The smallest absolute Gasteiger partial charge is 0.366 e. The zero-order valence-electron chi connectivity index (χ0n) is 14.8. The quantitative estimate of drug-likeness (QED) is 0.865. The van der Waals surface area contributed by atoms with E-state index in [4.69, 9.17) is 0 Å². The van der Waals surface area contributed by atoms with Gasteiger partial charge in [-0.1, -0.05) is 12.1 Å². The molecule has 0 saturated carbocycles. The van der Waals surface area contributed by atoms with Crippen molar-refractivity contribution in [3.63, 3.8) is 0 Å². The van der Waals surface area contributed by atoms with Crippen molar-refractivity contribution in [2.24, 2.45) is 0 Å². The van der Waals surface area contributed by atoms with E-state index in [-0.39, 0.29) is 12.1 Å². The number of anilines is 2. The normalized spacial score (nSPS) is 18.4. The van der Waals surface area contributed by atoms with Gasteiger partial charge >= 0.3 is 12.2 Å². The summed E-state index contributed by atoms with van der Waals surface area (Å²) in [6.07, 6.45) is -3.57. The second-order valence-corrected chi connectivity index (χ2v) is 6.71. The number of benzene rings is 1. The molecule has 1 aromatic carbocycles. The second-order valence-electron chi connectivity index (χ2n) is 6.71. The number of nitrogens with one attached hydrogen (secondary N) is 1. The van der Waals surface area contributed by atoms with Crippen molar-refractivity contribution in [2.45, 2.75) is 25.6 Å². The van der Waals surface area contributed by atoms with Crippen LogP contribution in [0.5, 0.6) is 0 Å². The van der Waals surface area contributed by atoms with Gasteiger partial charge in [-0.05, 0) is 37.6 Å². The lowest BCUT2D eigenvalue weighted by atomic mass is 10.1. The standard InChI is InChI=1S/C19H19F3N4O/c1-2-23-18(27)26-14-8-9-25(11-14)16-7-6-15(24-17(16)26)12-4-3-5-13(10-12)19(20,21)22/h3-7,10,14H,2,8-9,11H2,1H3,(H,23,27). The van der Waals surface area contributed by atoms with Crippen LogP contribution in [0.15, 0.2) is 36.4 Å². The van der Waals surface area contributed by atoms with E-state index in [1.165, 1.54) is 6.07 Å². The molecule has 1 atom stereocenters. The molecule has 8 heteroatoms. The van der Waals surface area contributed by atoms with Gasteiger partial charge in [-0.2, -0.15) is 13.2 Å². The molecule has 0 aliphatic carbocycles. The van der Waals surface area contributed by atoms with Crippen LogP contribution in [0.2, 0.25) is 0 Å². The van der Waals surface area contributed by atoms with Crippen LogP contribution in [0.25, 0.3) is 11.3 Å². The summed E-state index contributed by atoms with van der Waals surface area (Å²) in [6, 6.07) is 8.44. The predicted octanol–water partition coefficient (Wildman–Crippen LogP) is 3.90. The van der Waals surface area contributed by atoms with E-state index in [2.05, 4.69) is 15.2 Å². The first-order valence-corrected chi connectivity index (χ1v) is 8.89. The summed E-state index contributed by atoms with van der Waals surface area (Å²) in [5.41, 5.74) is 0.905. The topological polar surface area (TPSA) is 48.5 Å². The first-order valence-electron chi connectivity index (χ1n) is 8.89. The van der Waals surface area contributed by atoms with Gasteiger partial charge in [-0.15, -0.1) is 0 Å². The Kier molecular flexibility index (Phi) is 4.20. The Bertz CT molecular complexity index is 883. The molecule has 4 rings (SSSR count). The summed E-state index contributed by atoms with van der Waals surface area (Å²) in [5.74, 6) is 0.504. The van der Waals surface area contributed by atoms with Crippen molar-refractivity contribution in [1.82, 2.24) is 10.3 Å². The minimum Gasteiger partial charge on any atom is -0.366 e. The van der Waals surface area contributed by atoms with Gasteiger partial charge in [0.05, 0.1) is 23.0 Å². The number of rotatable bonds is 2. The molecule has 3 heterocycles. The number of aromatic nitrogens is 1. The highest BCUT2D eigenvalue weighted by atomic mass is 19.4. The predicted molar refractivity (Wildman–Crippen MR) is 96.8 cm³/mol. The lowest BCUT2D eigenvalue weighted by molar-refractivity contribution is -0.137. The number of amides is 2. The highest BCUT2D eigenvalue weighted by Crippen LogP contribution is 2.40. The maximum atomic E-state index is 13.0. The van der Waals surface area contributed by atoms with E-state index in [9.17, 15) is 18.0 Å². The van der Waals surface area contributed by atoms with E-state index in [0.717, 1.165) is 37.3 Å². The summed E-state index contributed by atoms with van der Waals surface area (Å²) < 4.78 is 39.1. The summed E-state index contributed by atoms with van der Waals surface area (Å²) in [6.45, 7) is 3.91.